The highest BCUT2D eigenvalue weighted by Gasteiger charge is 2.44. The first-order valence-electron chi connectivity index (χ1n) is 10.3. The lowest BCUT2D eigenvalue weighted by Gasteiger charge is -2.27. The van der Waals surface area contributed by atoms with Crippen molar-refractivity contribution in [2.24, 2.45) is 11.8 Å². The van der Waals surface area contributed by atoms with Gasteiger partial charge in [0, 0.05) is 25.2 Å². The third-order valence-corrected chi connectivity index (χ3v) is 6.81. The molecule has 5 rings (SSSR count). The van der Waals surface area contributed by atoms with Gasteiger partial charge in [0.15, 0.2) is 0 Å². The summed E-state index contributed by atoms with van der Waals surface area (Å²) in [5.41, 5.74) is 1.63. The van der Waals surface area contributed by atoms with Crippen LogP contribution in [0, 0.1) is 11.8 Å². The van der Waals surface area contributed by atoms with Crippen molar-refractivity contribution in [3.63, 3.8) is 0 Å². The van der Waals surface area contributed by atoms with Crippen LogP contribution in [0.25, 0.3) is 0 Å². The van der Waals surface area contributed by atoms with Gasteiger partial charge in [-0.15, -0.1) is 0 Å². The first kappa shape index (κ1) is 18.3. The summed E-state index contributed by atoms with van der Waals surface area (Å²) in [6.45, 7) is 4.02. The molecule has 1 aromatic carbocycles. The molecule has 0 spiro atoms. The predicted octanol–water partition coefficient (Wildman–Crippen LogP) is 0.524. The fourth-order valence-corrected chi connectivity index (χ4v) is 5.13. The lowest BCUT2D eigenvalue weighted by Crippen LogP contribution is -2.54. The van der Waals surface area contributed by atoms with Gasteiger partial charge < -0.3 is 10.2 Å². The summed E-state index contributed by atoms with van der Waals surface area (Å²) in [6.07, 6.45) is 2.53. The summed E-state index contributed by atoms with van der Waals surface area (Å²) in [7, 11) is 0. The maximum atomic E-state index is 13.0. The van der Waals surface area contributed by atoms with Crippen molar-refractivity contribution in [1.29, 1.82) is 0 Å². The molecule has 4 aliphatic heterocycles. The maximum Gasteiger partial charge on any atom is 0.262 e. The zero-order valence-corrected chi connectivity index (χ0v) is 16.1. The molecule has 0 radical (unpaired) electrons. The van der Waals surface area contributed by atoms with E-state index in [9.17, 15) is 19.2 Å². The number of nitrogens with zero attached hydrogens (tertiary/aromatic N) is 2. The number of fused-ring (bicyclic) bond motifs is 2. The van der Waals surface area contributed by atoms with Gasteiger partial charge in [0.25, 0.3) is 11.8 Å². The summed E-state index contributed by atoms with van der Waals surface area (Å²) in [4.78, 5) is 52.8. The molecular formula is C21H24N4O4. The highest BCUT2D eigenvalue weighted by atomic mass is 16.2. The number of benzene rings is 1. The van der Waals surface area contributed by atoms with Gasteiger partial charge in [0.2, 0.25) is 11.8 Å². The molecule has 29 heavy (non-hydrogen) atoms. The number of imide groups is 2. The molecule has 0 bridgehead atoms. The Bertz CT molecular complexity index is 900. The van der Waals surface area contributed by atoms with Crippen molar-refractivity contribution >= 4 is 29.3 Å². The third kappa shape index (κ3) is 3.02. The van der Waals surface area contributed by atoms with Gasteiger partial charge >= 0.3 is 0 Å². The van der Waals surface area contributed by atoms with Gasteiger partial charge in [-0.3, -0.25) is 29.4 Å². The number of carbonyl (C=O) groups is 4. The number of amides is 4. The molecule has 1 unspecified atom stereocenters. The van der Waals surface area contributed by atoms with E-state index in [4.69, 9.17) is 0 Å². The predicted molar refractivity (Wildman–Crippen MR) is 104 cm³/mol. The van der Waals surface area contributed by atoms with Crippen molar-refractivity contribution in [1.82, 2.24) is 15.5 Å². The second-order valence-corrected chi connectivity index (χ2v) is 8.42. The molecule has 2 N–H and O–H groups in total. The molecular weight excluding hydrogens is 372 g/mol. The Hall–Kier alpha value is -2.74. The van der Waals surface area contributed by atoms with Crippen molar-refractivity contribution < 1.29 is 19.2 Å². The number of rotatable bonds is 2. The standard InChI is InChI=1S/C21H24N4O4/c26-18-4-3-17(19(27)23-18)25-20(28)15-2-1-14(9-16(15)21(25)29)24-7-5-12-10-22-11-13(12)6-8-24/h1-2,9,12-13,17,22H,3-8,10-11H2,(H,23,26,27)/t12-,13+,17?. The molecule has 4 heterocycles. The van der Waals surface area contributed by atoms with E-state index in [0.717, 1.165) is 49.6 Å². The zero-order chi connectivity index (χ0) is 20.1. The molecule has 4 amide bonds. The molecule has 3 atom stereocenters. The number of piperidine rings is 1. The normalized spacial score (nSPS) is 29.6. The molecule has 0 aliphatic carbocycles. The number of anilines is 1. The quantitative estimate of drug-likeness (QED) is 0.708. The molecule has 3 fully saturated rings. The molecule has 152 valence electrons. The number of nitrogens with one attached hydrogen (secondary N) is 2. The second kappa shape index (κ2) is 6.95. The van der Waals surface area contributed by atoms with Crippen LogP contribution in [0.4, 0.5) is 5.69 Å². The van der Waals surface area contributed by atoms with Crippen LogP contribution in [-0.2, 0) is 9.59 Å². The monoisotopic (exact) mass is 396 g/mol. The Morgan fingerprint density at radius 2 is 1.55 bits per heavy atom. The average molecular weight is 396 g/mol. The van der Waals surface area contributed by atoms with Crippen LogP contribution in [0.15, 0.2) is 18.2 Å². The smallest absolute Gasteiger partial charge is 0.262 e. The molecule has 0 aromatic heterocycles. The van der Waals surface area contributed by atoms with E-state index >= 15 is 0 Å². The Morgan fingerprint density at radius 3 is 2.24 bits per heavy atom. The van der Waals surface area contributed by atoms with Crippen molar-refractivity contribution in [2.45, 2.75) is 31.7 Å². The third-order valence-electron chi connectivity index (χ3n) is 6.81. The largest absolute Gasteiger partial charge is 0.371 e. The SMILES string of the molecule is O=C1CCC(N2C(=O)c3ccc(N4CC[C@@H]5CNC[C@@H]5CC4)cc3C2=O)C(=O)N1. The van der Waals surface area contributed by atoms with Crippen LogP contribution in [0.1, 0.15) is 46.4 Å². The van der Waals surface area contributed by atoms with E-state index in [1.807, 2.05) is 6.07 Å². The number of hydrogen-bond acceptors (Lipinski definition) is 6. The summed E-state index contributed by atoms with van der Waals surface area (Å²) in [5, 5.41) is 5.70. The topological polar surface area (TPSA) is 98.8 Å². The number of carbonyl (C=O) groups excluding carboxylic acids is 4. The van der Waals surface area contributed by atoms with Crippen LogP contribution in [-0.4, -0.2) is 60.7 Å². The fourth-order valence-electron chi connectivity index (χ4n) is 5.13. The molecule has 1 aromatic rings. The van der Waals surface area contributed by atoms with E-state index in [-0.39, 0.29) is 18.7 Å². The van der Waals surface area contributed by atoms with Gasteiger partial charge in [-0.05, 0) is 62.4 Å². The summed E-state index contributed by atoms with van der Waals surface area (Å²) < 4.78 is 0. The lowest BCUT2D eigenvalue weighted by atomic mass is 9.92. The molecule has 0 saturated carbocycles. The first-order valence-corrected chi connectivity index (χ1v) is 10.3. The van der Waals surface area contributed by atoms with Crippen molar-refractivity contribution in [2.75, 3.05) is 31.1 Å². The summed E-state index contributed by atoms with van der Waals surface area (Å²) in [6, 6.07) is 4.47. The molecule has 8 heteroatoms. The Balaban J connectivity index is 1.38. The highest BCUT2D eigenvalue weighted by molar-refractivity contribution is 6.23. The Morgan fingerprint density at radius 1 is 0.862 bits per heavy atom. The van der Waals surface area contributed by atoms with Crippen LogP contribution in [0.3, 0.4) is 0 Å². The fraction of sp³-hybridized carbons (Fsp3) is 0.524. The molecule has 3 saturated heterocycles. The number of hydrogen-bond donors (Lipinski definition) is 2. The lowest BCUT2D eigenvalue weighted by molar-refractivity contribution is -0.136. The summed E-state index contributed by atoms with van der Waals surface area (Å²) in [5.74, 6) is -0.434. The van der Waals surface area contributed by atoms with Crippen molar-refractivity contribution in [3.05, 3.63) is 29.3 Å². The van der Waals surface area contributed by atoms with E-state index in [1.165, 1.54) is 0 Å². The van der Waals surface area contributed by atoms with E-state index in [2.05, 4.69) is 15.5 Å². The highest BCUT2D eigenvalue weighted by Crippen LogP contribution is 2.33. The minimum absolute atomic E-state index is 0.125. The van der Waals surface area contributed by atoms with E-state index in [0.29, 0.717) is 23.0 Å². The van der Waals surface area contributed by atoms with E-state index in [1.54, 1.807) is 12.1 Å². The Labute approximate surface area is 168 Å². The van der Waals surface area contributed by atoms with Crippen molar-refractivity contribution in [3.8, 4) is 0 Å². The minimum Gasteiger partial charge on any atom is -0.371 e. The van der Waals surface area contributed by atoms with Crippen LogP contribution in [0.5, 0.6) is 0 Å². The van der Waals surface area contributed by atoms with Gasteiger partial charge in [-0.25, -0.2) is 0 Å². The van der Waals surface area contributed by atoms with Gasteiger partial charge in [-0.1, -0.05) is 0 Å². The first-order chi connectivity index (χ1) is 14.0. The van der Waals surface area contributed by atoms with Gasteiger partial charge in [-0.2, -0.15) is 0 Å². The van der Waals surface area contributed by atoms with Crippen LogP contribution in [0.2, 0.25) is 0 Å². The molecule has 4 aliphatic rings. The van der Waals surface area contributed by atoms with Crippen LogP contribution < -0.4 is 15.5 Å². The van der Waals surface area contributed by atoms with Gasteiger partial charge in [0.05, 0.1) is 11.1 Å². The minimum atomic E-state index is -0.923. The van der Waals surface area contributed by atoms with E-state index < -0.39 is 23.8 Å². The average Bonchev–Trinajstić information content (AvgIpc) is 3.18. The van der Waals surface area contributed by atoms with Crippen LogP contribution >= 0.6 is 0 Å². The zero-order valence-electron chi connectivity index (χ0n) is 16.1. The second-order valence-electron chi connectivity index (χ2n) is 8.42. The Kier molecular flexibility index (Phi) is 4.38. The summed E-state index contributed by atoms with van der Waals surface area (Å²) >= 11 is 0. The molecule has 8 nitrogen and oxygen atoms in total. The maximum absolute atomic E-state index is 13.0. The van der Waals surface area contributed by atoms with Gasteiger partial charge in [0.1, 0.15) is 6.04 Å².